The topological polar surface area (TPSA) is 103 Å². The fourth-order valence-corrected chi connectivity index (χ4v) is 12.3. The first-order chi connectivity index (χ1) is 31.3. The molecule has 0 saturated carbocycles. The number of carbonyl (C=O) groups is 2. The molecule has 13 rings (SSSR count). The maximum atomic E-state index is 15.1. The van der Waals surface area contributed by atoms with Gasteiger partial charge in [0.15, 0.2) is 11.6 Å². The van der Waals surface area contributed by atoms with E-state index in [1.807, 2.05) is 85.2 Å². The van der Waals surface area contributed by atoms with Gasteiger partial charge in [-0.05, 0) is 123 Å². The highest BCUT2D eigenvalue weighted by molar-refractivity contribution is 6.30. The summed E-state index contributed by atoms with van der Waals surface area (Å²) in [6.07, 6.45) is 9.30. The van der Waals surface area contributed by atoms with Gasteiger partial charge in [0.05, 0.1) is 48.5 Å². The van der Waals surface area contributed by atoms with E-state index < -0.39 is 12.2 Å². The highest BCUT2D eigenvalue weighted by atomic mass is 16.5. The molecule has 6 fully saturated rings. The average molecular weight is 857 g/mol. The molecule has 0 amide bonds. The van der Waals surface area contributed by atoms with E-state index in [4.69, 9.17) is 28.9 Å². The SMILES string of the molecule is CCC1CN2CCC1C[C@@H]2[C@@H](Oc1ccc(O[C@@H](c2ccnc3ccc(OC)cc23)C2C[C@H]3CCN2CC3CC)c2c1C(=O)c1ccccc1C2=O)c1ccnc2ccc(OC)cc12. The van der Waals surface area contributed by atoms with E-state index in [1.165, 1.54) is 0 Å². The molecule has 6 unspecified atom stereocenters. The van der Waals surface area contributed by atoms with Crippen LogP contribution in [0.1, 0.15) is 108 Å². The molecule has 7 aliphatic rings. The van der Waals surface area contributed by atoms with E-state index in [-0.39, 0.29) is 34.8 Å². The molecule has 10 heteroatoms. The molecule has 0 N–H and O–H groups in total. The van der Waals surface area contributed by atoms with Crippen LogP contribution in [0.5, 0.6) is 23.0 Å². The summed E-state index contributed by atoms with van der Waals surface area (Å²) in [7, 11) is 3.35. The van der Waals surface area contributed by atoms with Crippen molar-refractivity contribution in [1.82, 2.24) is 19.8 Å². The van der Waals surface area contributed by atoms with Gasteiger partial charge < -0.3 is 18.9 Å². The van der Waals surface area contributed by atoms with E-state index in [9.17, 15) is 0 Å². The lowest BCUT2D eigenvalue weighted by atomic mass is 9.72. The second kappa shape index (κ2) is 16.6. The van der Waals surface area contributed by atoms with Crippen LogP contribution >= 0.6 is 0 Å². The van der Waals surface area contributed by atoms with E-state index in [0.29, 0.717) is 46.3 Å². The minimum atomic E-state index is -0.475. The first-order valence-electron chi connectivity index (χ1n) is 23.4. The molecule has 8 heterocycles. The van der Waals surface area contributed by atoms with Crippen molar-refractivity contribution in [1.29, 1.82) is 0 Å². The minimum absolute atomic E-state index is 0.0377. The minimum Gasteiger partial charge on any atom is -0.497 e. The fourth-order valence-electron chi connectivity index (χ4n) is 12.3. The van der Waals surface area contributed by atoms with Gasteiger partial charge in [-0.25, -0.2) is 0 Å². The quantitative estimate of drug-likeness (QED) is 0.118. The van der Waals surface area contributed by atoms with Crippen LogP contribution in [-0.2, 0) is 0 Å². The highest BCUT2D eigenvalue weighted by Crippen LogP contribution is 2.49. The summed E-state index contributed by atoms with van der Waals surface area (Å²) in [5.74, 6) is 4.15. The Morgan fingerprint density at radius 3 is 1.45 bits per heavy atom. The number of hydrogen-bond donors (Lipinski definition) is 0. The Labute approximate surface area is 374 Å². The van der Waals surface area contributed by atoms with Crippen molar-refractivity contribution in [2.75, 3.05) is 40.4 Å². The fraction of sp³-hybridized carbons (Fsp3) is 0.407. The van der Waals surface area contributed by atoms with Gasteiger partial charge in [-0.1, -0.05) is 51.0 Å². The van der Waals surface area contributed by atoms with Gasteiger partial charge in [0, 0.05) is 58.5 Å². The van der Waals surface area contributed by atoms with Gasteiger partial charge in [0.2, 0.25) is 0 Å². The molecule has 0 spiro atoms. The normalized spacial score (nSPS) is 26.6. The summed E-state index contributed by atoms with van der Waals surface area (Å²) in [5, 5.41) is 1.88. The number of fused-ring (bicyclic) bond motifs is 10. The van der Waals surface area contributed by atoms with Crippen LogP contribution in [0.2, 0.25) is 0 Å². The van der Waals surface area contributed by atoms with Gasteiger partial charge in [0.1, 0.15) is 35.2 Å². The van der Waals surface area contributed by atoms with Crippen LogP contribution in [0.25, 0.3) is 21.8 Å². The first-order valence-corrected chi connectivity index (χ1v) is 23.4. The number of aromatic nitrogens is 2. The van der Waals surface area contributed by atoms with Crippen LogP contribution in [-0.4, -0.2) is 83.8 Å². The summed E-state index contributed by atoms with van der Waals surface area (Å²) in [4.78, 5) is 45.0. The number of piperidine rings is 6. The number of ether oxygens (including phenoxy) is 4. The number of pyridine rings is 2. The van der Waals surface area contributed by atoms with Crippen molar-refractivity contribution < 1.29 is 28.5 Å². The summed E-state index contributed by atoms with van der Waals surface area (Å²) in [6.45, 7) is 8.58. The zero-order chi connectivity index (χ0) is 43.6. The van der Waals surface area contributed by atoms with E-state index in [1.54, 1.807) is 26.4 Å². The number of rotatable bonds is 12. The number of benzene rings is 4. The second-order valence-corrected chi connectivity index (χ2v) is 18.7. The van der Waals surface area contributed by atoms with Crippen molar-refractivity contribution >= 4 is 33.4 Å². The largest absolute Gasteiger partial charge is 0.497 e. The summed E-state index contributed by atoms with van der Waals surface area (Å²) < 4.78 is 26.3. The van der Waals surface area contributed by atoms with Crippen LogP contribution in [0.3, 0.4) is 0 Å². The molecular formula is C54H56N4O6. The molecule has 6 aromatic rings. The molecule has 4 bridgehead atoms. The van der Waals surface area contributed by atoms with Crippen molar-refractivity contribution in [2.24, 2.45) is 23.7 Å². The summed E-state index contributed by atoms with van der Waals surface area (Å²) >= 11 is 0. The third-order valence-electron chi connectivity index (χ3n) is 15.7. The van der Waals surface area contributed by atoms with Crippen molar-refractivity contribution in [2.45, 2.75) is 76.7 Å². The van der Waals surface area contributed by atoms with Crippen LogP contribution in [0.4, 0.5) is 0 Å². The zero-order valence-corrected chi connectivity index (χ0v) is 37.2. The molecule has 1 aliphatic carbocycles. The summed E-state index contributed by atoms with van der Waals surface area (Å²) in [5.41, 5.74) is 4.87. The molecule has 6 aliphatic heterocycles. The van der Waals surface area contributed by atoms with Gasteiger partial charge in [-0.15, -0.1) is 0 Å². The predicted molar refractivity (Wildman–Crippen MR) is 247 cm³/mol. The van der Waals surface area contributed by atoms with Crippen molar-refractivity contribution in [3.63, 3.8) is 0 Å². The smallest absolute Gasteiger partial charge is 0.198 e. The molecule has 0 radical (unpaired) electrons. The van der Waals surface area contributed by atoms with Gasteiger partial charge >= 0.3 is 0 Å². The summed E-state index contributed by atoms with van der Waals surface area (Å²) in [6, 6.07) is 27.0. The Kier molecular flexibility index (Phi) is 10.6. The molecule has 4 aromatic carbocycles. The number of hydrogen-bond acceptors (Lipinski definition) is 10. The molecule has 328 valence electrons. The van der Waals surface area contributed by atoms with Crippen LogP contribution in [0, 0.1) is 23.7 Å². The molecule has 10 atom stereocenters. The number of nitrogens with zero attached hydrogens (tertiary/aromatic N) is 4. The lowest BCUT2D eigenvalue weighted by molar-refractivity contribution is -0.0493. The number of ketones is 2. The standard InChI is InChI=1S/C54H56N4O6/c1-5-31-29-57-23-19-33(31)25-45(57)53(39-17-21-55-43-13-11-35(61-3)27-41(39)43)63-47-15-16-48(50-49(47)51(59)37-9-7-8-10-38(37)52(50)60)64-54(46-26-34-20-24-58(46)30-32(34)6-2)40-18-22-56-44-14-12-36(62-4)28-42(40)44/h7-18,21-22,27-28,31-34,45-46,53-54H,5-6,19-20,23-26,29-30H2,1-4H3/t31?,32?,33-,34?,45?,46-,53+,54+/m1/s1. The molecule has 6 saturated heterocycles. The highest BCUT2D eigenvalue weighted by Gasteiger charge is 2.47. The van der Waals surface area contributed by atoms with Crippen LogP contribution in [0.15, 0.2) is 97.3 Å². The van der Waals surface area contributed by atoms with E-state index in [2.05, 4.69) is 23.6 Å². The van der Waals surface area contributed by atoms with Gasteiger partial charge in [-0.2, -0.15) is 0 Å². The van der Waals surface area contributed by atoms with E-state index in [0.717, 1.165) is 109 Å². The van der Waals surface area contributed by atoms with E-state index >= 15 is 9.59 Å². The maximum absolute atomic E-state index is 15.1. The van der Waals surface area contributed by atoms with Crippen molar-refractivity contribution in [3.8, 4) is 23.0 Å². The predicted octanol–water partition coefficient (Wildman–Crippen LogP) is 10.1. The Bertz CT molecular complexity index is 2600. The van der Waals surface area contributed by atoms with Gasteiger partial charge in [-0.3, -0.25) is 29.4 Å². The maximum Gasteiger partial charge on any atom is 0.198 e. The third-order valence-corrected chi connectivity index (χ3v) is 15.7. The Balaban J connectivity index is 1.07. The zero-order valence-electron chi connectivity index (χ0n) is 37.2. The average Bonchev–Trinajstić information content (AvgIpc) is 3.36. The molecule has 10 nitrogen and oxygen atoms in total. The Hall–Kier alpha value is -5.84. The second-order valence-electron chi connectivity index (χ2n) is 18.7. The lowest BCUT2D eigenvalue weighted by Gasteiger charge is -2.52. The molecule has 2 aromatic heterocycles. The Morgan fingerprint density at radius 1 is 0.609 bits per heavy atom. The third kappa shape index (κ3) is 6.83. The molecule has 64 heavy (non-hydrogen) atoms. The van der Waals surface area contributed by atoms with Crippen molar-refractivity contribution in [3.05, 3.63) is 131 Å². The Morgan fingerprint density at radius 2 is 1.06 bits per heavy atom. The van der Waals surface area contributed by atoms with Crippen LogP contribution < -0.4 is 18.9 Å². The van der Waals surface area contributed by atoms with Gasteiger partial charge in [0.25, 0.3) is 0 Å². The monoisotopic (exact) mass is 856 g/mol. The number of carbonyl (C=O) groups excluding carboxylic acids is 2. The molecular weight excluding hydrogens is 801 g/mol. The lowest BCUT2D eigenvalue weighted by Crippen LogP contribution is -2.56. The number of methoxy groups -OCH3 is 2. The first kappa shape index (κ1) is 40.9.